The van der Waals surface area contributed by atoms with Crippen LogP contribution >= 0.6 is 0 Å². The second kappa shape index (κ2) is 10.2. The summed E-state index contributed by atoms with van der Waals surface area (Å²) in [7, 11) is 0. The van der Waals surface area contributed by atoms with Crippen molar-refractivity contribution in [2.24, 2.45) is 0 Å². The van der Waals surface area contributed by atoms with Crippen LogP contribution in [0.3, 0.4) is 0 Å². The fourth-order valence-electron chi connectivity index (χ4n) is 3.14. The average Bonchev–Trinajstić information content (AvgIpc) is 2.76. The summed E-state index contributed by atoms with van der Waals surface area (Å²) in [5, 5.41) is 5.37. The molecule has 3 rings (SSSR count). The number of carbonyl (C=O) groups is 3. The van der Waals surface area contributed by atoms with E-state index >= 15 is 0 Å². The zero-order valence-electron chi connectivity index (χ0n) is 17.4. The number of anilines is 2. The van der Waals surface area contributed by atoms with E-state index in [-0.39, 0.29) is 5.91 Å². The average molecular weight is 416 g/mol. The van der Waals surface area contributed by atoms with Crippen molar-refractivity contribution in [2.45, 2.75) is 25.9 Å². The number of ether oxygens (including phenoxy) is 1. The molecule has 0 aliphatic rings. The van der Waals surface area contributed by atoms with Crippen molar-refractivity contribution >= 4 is 29.2 Å². The Morgan fingerprint density at radius 2 is 1.16 bits per heavy atom. The Hall–Kier alpha value is -3.93. The summed E-state index contributed by atoms with van der Waals surface area (Å²) in [5.74, 6) is -1.75. The van der Waals surface area contributed by atoms with Gasteiger partial charge in [-0.15, -0.1) is 0 Å². The van der Waals surface area contributed by atoms with E-state index in [0.29, 0.717) is 11.4 Å². The van der Waals surface area contributed by atoms with Crippen LogP contribution in [-0.2, 0) is 19.1 Å². The van der Waals surface area contributed by atoms with Gasteiger partial charge in [-0.2, -0.15) is 0 Å². The standard InChI is InChI=1S/C25H24N2O4/c1-17(24(29)27-22-15-13-21(14-16-22)26-18(2)28)31-25(30)23(19-9-5-3-6-10-19)20-11-7-4-8-12-20/h3-17,23H,1-2H3,(H,26,28)(H,27,29)/t17-/m0/s1. The summed E-state index contributed by atoms with van der Waals surface area (Å²) in [6, 6.07) is 25.3. The van der Waals surface area contributed by atoms with E-state index in [9.17, 15) is 14.4 Å². The first kappa shape index (κ1) is 21.8. The third-order valence-corrected chi connectivity index (χ3v) is 4.64. The van der Waals surface area contributed by atoms with Crippen molar-refractivity contribution in [2.75, 3.05) is 10.6 Å². The van der Waals surface area contributed by atoms with E-state index in [1.807, 2.05) is 60.7 Å². The highest BCUT2D eigenvalue weighted by molar-refractivity contribution is 5.96. The van der Waals surface area contributed by atoms with Crippen molar-refractivity contribution < 1.29 is 19.1 Å². The molecule has 31 heavy (non-hydrogen) atoms. The zero-order chi connectivity index (χ0) is 22.2. The van der Waals surface area contributed by atoms with E-state index in [1.165, 1.54) is 13.8 Å². The van der Waals surface area contributed by atoms with Crippen molar-refractivity contribution in [1.82, 2.24) is 0 Å². The highest BCUT2D eigenvalue weighted by Crippen LogP contribution is 2.26. The predicted octanol–water partition coefficient (Wildman–Crippen LogP) is 4.35. The van der Waals surface area contributed by atoms with E-state index in [0.717, 1.165) is 11.1 Å². The molecule has 158 valence electrons. The Balaban J connectivity index is 1.68. The van der Waals surface area contributed by atoms with Gasteiger partial charge in [0.1, 0.15) is 5.92 Å². The lowest BCUT2D eigenvalue weighted by Gasteiger charge is -2.20. The lowest BCUT2D eigenvalue weighted by atomic mass is 9.91. The first-order valence-corrected chi connectivity index (χ1v) is 9.93. The van der Waals surface area contributed by atoms with Gasteiger partial charge in [0.2, 0.25) is 5.91 Å². The number of hydrogen-bond donors (Lipinski definition) is 2. The molecule has 0 radical (unpaired) electrons. The second-order valence-electron chi connectivity index (χ2n) is 7.08. The van der Waals surface area contributed by atoms with Gasteiger partial charge < -0.3 is 15.4 Å². The lowest BCUT2D eigenvalue weighted by molar-refractivity contribution is -0.153. The Kier molecular flexibility index (Phi) is 7.17. The van der Waals surface area contributed by atoms with Crippen molar-refractivity contribution in [3.05, 3.63) is 96.1 Å². The maximum atomic E-state index is 13.0. The fraction of sp³-hybridized carbons (Fsp3) is 0.160. The fourth-order valence-corrected chi connectivity index (χ4v) is 3.14. The minimum atomic E-state index is -0.988. The molecule has 0 spiro atoms. The molecule has 0 aliphatic heterocycles. The predicted molar refractivity (Wildman–Crippen MR) is 120 cm³/mol. The van der Waals surface area contributed by atoms with Crippen LogP contribution in [0, 0.1) is 0 Å². The molecule has 1 atom stereocenters. The van der Waals surface area contributed by atoms with E-state index in [1.54, 1.807) is 24.3 Å². The number of nitrogens with one attached hydrogen (secondary N) is 2. The highest BCUT2D eigenvalue weighted by Gasteiger charge is 2.27. The smallest absolute Gasteiger partial charge is 0.318 e. The molecule has 3 aromatic rings. The number of hydrogen-bond acceptors (Lipinski definition) is 4. The summed E-state index contributed by atoms with van der Waals surface area (Å²) < 4.78 is 5.52. The molecular formula is C25H24N2O4. The summed E-state index contributed by atoms with van der Waals surface area (Å²) in [4.78, 5) is 36.7. The number of rotatable bonds is 7. The monoisotopic (exact) mass is 416 g/mol. The van der Waals surface area contributed by atoms with Crippen LogP contribution in [0.2, 0.25) is 0 Å². The number of esters is 1. The SMILES string of the molecule is CC(=O)Nc1ccc(NC(=O)[C@H](C)OC(=O)C(c2ccccc2)c2ccccc2)cc1. The van der Waals surface area contributed by atoms with Gasteiger partial charge in [0.05, 0.1) is 0 Å². The van der Waals surface area contributed by atoms with Crippen LogP contribution in [0.15, 0.2) is 84.9 Å². The van der Waals surface area contributed by atoms with E-state index < -0.39 is 23.9 Å². The maximum absolute atomic E-state index is 13.0. The Bertz CT molecular complexity index is 995. The van der Waals surface area contributed by atoms with Crippen LogP contribution in [0.1, 0.15) is 30.9 Å². The van der Waals surface area contributed by atoms with Crippen LogP contribution < -0.4 is 10.6 Å². The van der Waals surface area contributed by atoms with Gasteiger partial charge in [0.25, 0.3) is 5.91 Å². The summed E-state index contributed by atoms with van der Waals surface area (Å²) >= 11 is 0. The van der Waals surface area contributed by atoms with Gasteiger partial charge in [0, 0.05) is 18.3 Å². The molecule has 0 fully saturated rings. The second-order valence-corrected chi connectivity index (χ2v) is 7.08. The molecule has 0 unspecified atom stereocenters. The highest BCUT2D eigenvalue weighted by atomic mass is 16.5. The minimum absolute atomic E-state index is 0.177. The summed E-state index contributed by atoms with van der Waals surface area (Å²) in [6.45, 7) is 2.95. The van der Waals surface area contributed by atoms with E-state index in [2.05, 4.69) is 10.6 Å². The number of benzene rings is 3. The topological polar surface area (TPSA) is 84.5 Å². The Labute approximate surface area is 181 Å². The number of carbonyl (C=O) groups excluding carboxylic acids is 3. The molecule has 6 heteroatoms. The summed E-state index contributed by atoms with van der Waals surface area (Å²) in [5.41, 5.74) is 2.74. The molecule has 0 saturated carbocycles. The van der Waals surface area contributed by atoms with E-state index in [4.69, 9.17) is 4.74 Å². The maximum Gasteiger partial charge on any atom is 0.318 e. The van der Waals surface area contributed by atoms with Crippen LogP contribution in [-0.4, -0.2) is 23.9 Å². The molecule has 2 amide bonds. The van der Waals surface area contributed by atoms with Gasteiger partial charge in [-0.1, -0.05) is 60.7 Å². The first-order chi connectivity index (χ1) is 14.9. The van der Waals surface area contributed by atoms with Crippen LogP contribution in [0.4, 0.5) is 11.4 Å². The molecule has 0 bridgehead atoms. The zero-order valence-corrected chi connectivity index (χ0v) is 17.4. The molecule has 0 aliphatic carbocycles. The normalized spacial score (nSPS) is 11.5. The van der Waals surface area contributed by atoms with Crippen molar-refractivity contribution in [3.8, 4) is 0 Å². The third kappa shape index (κ3) is 6.02. The first-order valence-electron chi connectivity index (χ1n) is 9.93. The molecule has 0 heterocycles. The number of amides is 2. The van der Waals surface area contributed by atoms with Gasteiger partial charge in [-0.3, -0.25) is 14.4 Å². The summed E-state index contributed by atoms with van der Waals surface area (Å²) in [6.07, 6.45) is -0.988. The van der Waals surface area contributed by atoms with Gasteiger partial charge >= 0.3 is 5.97 Å². The van der Waals surface area contributed by atoms with Crippen LogP contribution in [0.25, 0.3) is 0 Å². The minimum Gasteiger partial charge on any atom is -0.452 e. The molecule has 0 saturated heterocycles. The Morgan fingerprint density at radius 3 is 1.61 bits per heavy atom. The molecular weight excluding hydrogens is 392 g/mol. The van der Waals surface area contributed by atoms with Gasteiger partial charge in [0.15, 0.2) is 6.10 Å². The van der Waals surface area contributed by atoms with Gasteiger partial charge in [-0.25, -0.2) is 0 Å². The molecule has 6 nitrogen and oxygen atoms in total. The largest absolute Gasteiger partial charge is 0.452 e. The molecule has 0 aromatic heterocycles. The lowest BCUT2D eigenvalue weighted by Crippen LogP contribution is -2.32. The van der Waals surface area contributed by atoms with Crippen LogP contribution in [0.5, 0.6) is 0 Å². The van der Waals surface area contributed by atoms with Crippen molar-refractivity contribution in [1.29, 1.82) is 0 Å². The van der Waals surface area contributed by atoms with Gasteiger partial charge in [-0.05, 0) is 42.3 Å². The van der Waals surface area contributed by atoms with Crippen molar-refractivity contribution in [3.63, 3.8) is 0 Å². The Morgan fingerprint density at radius 1 is 0.710 bits per heavy atom. The third-order valence-electron chi connectivity index (χ3n) is 4.64. The molecule has 3 aromatic carbocycles. The quantitative estimate of drug-likeness (QED) is 0.561. The molecule has 2 N–H and O–H groups in total.